The number of rotatable bonds is 35. The van der Waals surface area contributed by atoms with E-state index in [1.54, 1.807) is 0 Å². The highest BCUT2D eigenvalue weighted by molar-refractivity contribution is 8.77. The molecule has 0 saturated carbocycles. The molecule has 0 radical (unpaired) electrons. The maximum Gasteiger partial charge on any atom is 0.303 e. The zero-order chi connectivity index (χ0) is 29.2. The van der Waals surface area contributed by atoms with E-state index >= 15 is 0 Å². The topological polar surface area (TPSA) is 74.6 Å². The van der Waals surface area contributed by atoms with Crippen LogP contribution in [0.2, 0.25) is 0 Å². The molecule has 0 aromatic carbocycles. The van der Waals surface area contributed by atoms with Crippen molar-refractivity contribution in [2.24, 2.45) is 0 Å². The molecule has 4 nitrogen and oxygen atoms in total. The van der Waals surface area contributed by atoms with E-state index in [1.165, 1.54) is 151 Å². The Morgan fingerprint density at radius 3 is 0.675 bits per heavy atom. The smallest absolute Gasteiger partial charge is 0.303 e. The van der Waals surface area contributed by atoms with Crippen molar-refractivity contribution in [3.05, 3.63) is 0 Å². The maximum absolute atomic E-state index is 10.5. The van der Waals surface area contributed by atoms with Gasteiger partial charge < -0.3 is 10.2 Å². The van der Waals surface area contributed by atoms with Gasteiger partial charge in [-0.1, -0.05) is 159 Å². The fourth-order valence-corrected chi connectivity index (χ4v) is 9.20. The third kappa shape index (κ3) is 38.3. The molecule has 0 fully saturated rings. The standard InChI is InChI=1S/C32H62O4S4/c33-31(34)25-19-13-7-1-3-9-15-21-27-37-39-29-23-17-11-5-6-12-18-24-30-40-38-28-22-16-10-4-2-8-14-20-26-32(35)36/h1-30H2,(H,33,34)(H,35,36). The van der Waals surface area contributed by atoms with E-state index in [9.17, 15) is 9.59 Å². The monoisotopic (exact) mass is 638 g/mol. The van der Waals surface area contributed by atoms with E-state index in [0.29, 0.717) is 12.8 Å². The molecule has 0 rings (SSSR count). The van der Waals surface area contributed by atoms with Gasteiger partial charge in [0.15, 0.2) is 0 Å². The van der Waals surface area contributed by atoms with Gasteiger partial charge in [-0.25, -0.2) is 0 Å². The Kier molecular flexibility index (Phi) is 35.8. The van der Waals surface area contributed by atoms with Crippen molar-refractivity contribution >= 4 is 55.1 Å². The number of aliphatic carboxylic acids is 2. The van der Waals surface area contributed by atoms with Crippen LogP contribution >= 0.6 is 43.2 Å². The van der Waals surface area contributed by atoms with Gasteiger partial charge in [-0.2, -0.15) is 0 Å². The van der Waals surface area contributed by atoms with Crippen molar-refractivity contribution in [3.63, 3.8) is 0 Å². The van der Waals surface area contributed by atoms with E-state index in [-0.39, 0.29) is 0 Å². The van der Waals surface area contributed by atoms with Crippen molar-refractivity contribution in [2.45, 2.75) is 167 Å². The first kappa shape index (κ1) is 40.3. The molecule has 8 heteroatoms. The lowest BCUT2D eigenvalue weighted by Gasteiger charge is -2.04. The van der Waals surface area contributed by atoms with Crippen molar-refractivity contribution < 1.29 is 19.8 Å². The molecule has 0 unspecified atom stereocenters. The van der Waals surface area contributed by atoms with Gasteiger partial charge in [0, 0.05) is 35.9 Å². The lowest BCUT2D eigenvalue weighted by molar-refractivity contribution is -0.138. The summed E-state index contributed by atoms with van der Waals surface area (Å²) in [7, 11) is 8.28. The predicted molar refractivity (Wildman–Crippen MR) is 185 cm³/mol. The molecule has 0 aliphatic heterocycles. The summed E-state index contributed by atoms with van der Waals surface area (Å²) in [6.07, 6.45) is 31.3. The first-order valence-electron chi connectivity index (χ1n) is 16.6. The third-order valence-electron chi connectivity index (χ3n) is 7.11. The highest BCUT2D eigenvalue weighted by atomic mass is 33.1. The van der Waals surface area contributed by atoms with Crippen LogP contribution in [0.4, 0.5) is 0 Å². The first-order valence-corrected chi connectivity index (χ1v) is 21.5. The minimum atomic E-state index is -0.660. The second-order valence-electron chi connectivity index (χ2n) is 11.1. The summed E-state index contributed by atoms with van der Waals surface area (Å²) in [5, 5.41) is 17.2. The fourth-order valence-electron chi connectivity index (χ4n) is 4.61. The number of hydrogen-bond acceptors (Lipinski definition) is 6. The normalized spacial score (nSPS) is 11.3. The summed E-state index contributed by atoms with van der Waals surface area (Å²) in [6, 6.07) is 0. The van der Waals surface area contributed by atoms with Gasteiger partial charge in [-0.3, -0.25) is 9.59 Å². The molecule has 0 saturated heterocycles. The van der Waals surface area contributed by atoms with Crippen LogP contribution in [0.1, 0.15) is 167 Å². The molecule has 0 bridgehead atoms. The van der Waals surface area contributed by atoms with Crippen LogP contribution in [0.3, 0.4) is 0 Å². The van der Waals surface area contributed by atoms with E-state index in [4.69, 9.17) is 10.2 Å². The summed E-state index contributed by atoms with van der Waals surface area (Å²) in [6.45, 7) is 0. The molecule has 0 amide bonds. The van der Waals surface area contributed by atoms with Crippen LogP contribution in [0.15, 0.2) is 0 Å². The van der Waals surface area contributed by atoms with E-state index in [0.717, 1.165) is 25.7 Å². The Labute approximate surface area is 263 Å². The SMILES string of the molecule is O=C(O)CCCCCCCCCCSSCCCCCCCCCCSSCCCCCCCCCCC(=O)O. The number of unbranched alkanes of at least 4 members (excludes halogenated alkanes) is 21. The van der Waals surface area contributed by atoms with Crippen LogP contribution in [0.5, 0.6) is 0 Å². The molecule has 2 N–H and O–H groups in total. The average molecular weight is 639 g/mol. The lowest BCUT2D eigenvalue weighted by Crippen LogP contribution is -1.93. The summed E-state index contributed by atoms with van der Waals surface area (Å²) >= 11 is 0. The Hall–Kier alpha value is 0.340. The van der Waals surface area contributed by atoms with Crippen LogP contribution in [-0.4, -0.2) is 45.2 Å². The third-order valence-corrected chi connectivity index (χ3v) is 12.3. The molecule has 0 aliphatic carbocycles. The Morgan fingerprint density at radius 1 is 0.300 bits per heavy atom. The average Bonchev–Trinajstić information content (AvgIpc) is 2.93. The first-order chi connectivity index (χ1) is 19.6. The Balaban J connectivity index is 3.04. The van der Waals surface area contributed by atoms with Gasteiger partial charge in [-0.05, 0) is 38.5 Å². The minimum Gasteiger partial charge on any atom is -0.481 e. The lowest BCUT2D eigenvalue weighted by atomic mass is 10.1. The largest absolute Gasteiger partial charge is 0.481 e. The molecule has 0 aromatic rings. The number of carboxylic acid groups (broad SMARTS) is 2. The Morgan fingerprint density at radius 2 is 0.475 bits per heavy atom. The van der Waals surface area contributed by atoms with Gasteiger partial charge in [-0.15, -0.1) is 0 Å². The second-order valence-corrected chi connectivity index (χ2v) is 16.5. The molecule has 40 heavy (non-hydrogen) atoms. The molecular weight excluding hydrogens is 577 g/mol. The molecule has 0 aromatic heterocycles. The highest BCUT2D eigenvalue weighted by Gasteiger charge is 1.99. The van der Waals surface area contributed by atoms with Crippen LogP contribution < -0.4 is 0 Å². The summed E-state index contributed by atoms with van der Waals surface area (Å²) < 4.78 is 0. The molecular formula is C32H62O4S4. The van der Waals surface area contributed by atoms with E-state index in [2.05, 4.69) is 43.2 Å². The van der Waals surface area contributed by atoms with Crippen LogP contribution in [-0.2, 0) is 9.59 Å². The van der Waals surface area contributed by atoms with Gasteiger partial charge in [0.05, 0.1) is 0 Å². The summed E-state index contributed by atoms with van der Waals surface area (Å²) in [4.78, 5) is 20.9. The van der Waals surface area contributed by atoms with Gasteiger partial charge in [0.2, 0.25) is 0 Å². The van der Waals surface area contributed by atoms with Gasteiger partial charge >= 0.3 is 11.9 Å². The molecule has 238 valence electrons. The second kappa shape index (κ2) is 35.5. The zero-order valence-electron chi connectivity index (χ0n) is 25.6. The molecule has 0 spiro atoms. The zero-order valence-corrected chi connectivity index (χ0v) is 28.8. The van der Waals surface area contributed by atoms with Gasteiger partial charge in [0.1, 0.15) is 0 Å². The van der Waals surface area contributed by atoms with Crippen LogP contribution in [0.25, 0.3) is 0 Å². The number of carboxylic acids is 2. The number of carbonyl (C=O) groups is 2. The van der Waals surface area contributed by atoms with E-state index < -0.39 is 11.9 Å². The number of hydrogen-bond donors (Lipinski definition) is 2. The van der Waals surface area contributed by atoms with Crippen molar-refractivity contribution in [2.75, 3.05) is 23.0 Å². The highest BCUT2D eigenvalue weighted by Crippen LogP contribution is 2.26. The molecule has 0 heterocycles. The van der Waals surface area contributed by atoms with Crippen LogP contribution in [0, 0.1) is 0 Å². The quantitative estimate of drug-likeness (QED) is 0.0524. The van der Waals surface area contributed by atoms with E-state index in [1.807, 2.05) is 0 Å². The van der Waals surface area contributed by atoms with Crippen molar-refractivity contribution in [1.29, 1.82) is 0 Å². The fraction of sp³-hybridized carbons (Fsp3) is 0.938. The summed E-state index contributed by atoms with van der Waals surface area (Å²) in [5.41, 5.74) is 0. The summed E-state index contributed by atoms with van der Waals surface area (Å²) in [5.74, 6) is 3.89. The minimum absolute atomic E-state index is 0.333. The molecule has 0 aliphatic rings. The van der Waals surface area contributed by atoms with Gasteiger partial charge in [0.25, 0.3) is 0 Å². The van der Waals surface area contributed by atoms with Crippen molar-refractivity contribution in [3.8, 4) is 0 Å². The van der Waals surface area contributed by atoms with Crippen molar-refractivity contribution in [1.82, 2.24) is 0 Å². The predicted octanol–water partition coefficient (Wildman–Crippen LogP) is 12.1. The Bertz CT molecular complexity index is 491. The maximum atomic E-state index is 10.5. The molecule has 0 atom stereocenters.